The molecule has 4 heterocycles. The van der Waals surface area contributed by atoms with Crippen molar-refractivity contribution in [3.63, 3.8) is 0 Å². The summed E-state index contributed by atoms with van der Waals surface area (Å²) in [6, 6.07) is 126. The van der Waals surface area contributed by atoms with Crippen molar-refractivity contribution >= 4 is 98.6 Å². The number of benzene rings is 15. The molecule has 0 bridgehead atoms. The van der Waals surface area contributed by atoms with Crippen molar-refractivity contribution < 1.29 is 0 Å². The average molecular weight is 1250 g/mol. The van der Waals surface area contributed by atoms with E-state index >= 15 is 0 Å². The molecule has 0 N–H and O–H groups in total. The van der Waals surface area contributed by atoms with Gasteiger partial charge >= 0.3 is 0 Å². The Morgan fingerprint density at radius 3 is 0.887 bits per heavy atom. The molecule has 450 valence electrons. The molecule has 19 aromatic rings. The standard InChI is InChI=1S/C92H56N4S/c1-5-27-57(28-6-1)91(58-29-7-2-8-30-58)75-43-19-13-39-69(75)83-71(41-25-45-77(83)91)89-87-88(90(97-89)72-42-26-46-78-84(72)70-40-14-20-44-76(70)92(78,59-31-9-3-10-32-59)60-33-11-4-12-34-60)94-86-68-54-52-62(96-81-49-23-17-37-65(81)66-38-18-24-50-82(66)96)56-74(68)73-55-61(51-53-67(73)85(86)93-87)95-79-47-21-15-35-63(79)64-36-16-22-48-80(64)95/h1-56H. The van der Waals surface area contributed by atoms with Gasteiger partial charge in [0.15, 0.2) is 0 Å². The third-order valence-corrected chi connectivity index (χ3v) is 22.7. The predicted octanol–water partition coefficient (Wildman–Crippen LogP) is 23.4. The Kier molecular flexibility index (Phi) is 11.5. The predicted molar refractivity (Wildman–Crippen MR) is 404 cm³/mol. The van der Waals surface area contributed by atoms with Gasteiger partial charge in [0.25, 0.3) is 0 Å². The van der Waals surface area contributed by atoms with Crippen LogP contribution in [-0.4, -0.2) is 19.1 Å². The van der Waals surface area contributed by atoms with Gasteiger partial charge in [-0.15, -0.1) is 11.3 Å². The Morgan fingerprint density at radius 2 is 0.526 bits per heavy atom. The molecular weight excluding hydrogens is 1190 g/mol. The molecule has 0 aliphatic heterocycles. The largest absolute Gasteiger partial charge is 0.309 e. The number of fused-ring (bicyclic) bond motifs is 19. The highest BCUT2D eigenvalue weighted by Crippen LogP contribution is 2.63. The van der Waals surface area contributed by atoms with Gasteiger partial charge in [-0.05, 0) is 126 Å². The van der Waals surface area contributed by atoms with Crippen LogP contribution < -0.4 is 0 Å². The Balaban J connectivity index is 0.906. The van der Waals surface area contributed by atoms with Gasteiger partial charge in [0.1, 0.15) is 11.0 Å². The second kappa shape index (κ2) is 20.6. The maximum atomic E-state index is 6.26. The highest BCUT2D eigenvalue weighted by atomic mass is 32.1. The first kappa shape index (κ1) is 54.1. The first-order valence-electron chi connectivity index (χ1n) is 33.5. The van der Waals surface area contributed by atoms with E-state index in [1.165, 1.54) is 88.3 Å². The maximum absolute atomic E-state index is 6.26. The molecule has 0 saturated heterocycles. The molecule has 97 heavy (non-hydrogen) atoms. The van der Waals surface area contributed by atoms with Gasteiger partial charge in [0.2, 0.25) is 0 Å². The maximum Gasteiger partial charge on any atom is 0.109 e. The quantitative estimate of drug-likeness (QED) is 0.142. The van der Waals surface area contributed by atoms with Gasteiger partial charge in [-0.1, -0.05) is 291 Å². The fourth-order valence-electron chi connectivity index (χ4n) is 17.7. The average Bonchev–Trinajstić information content (AvgIpc) is 1.54. The van der Waals surface area contributed by atoms with Gasteiger partial charge in [-0.25, -0.2) is 9.97 Å². The molecule has 0 spiro atoms. The molecule has 2 aliphatic rings. The van der Waals surface area contributed by atoms with Crippen LogP contribution in [0.4, 0.5) is 0 Å². The first-order chi connectivity index (χ1) is 48.2. The van der Waals surface area contributed by atoms with Crippen molar-refractivity contribution in [2.75, 3.05) is 0 Å². The van der Waals surface area contributed by atoms with Crippen LogP contribution in [0.2, 0.25) is 0 Å². The summed E-state index contributed by atoms with van der Waals surface area (Å²) >= 11 is 1.84. The highest BCUT2D eigenvalue weighted by Gasteiger charge is 2.49. The minimum absolute atomic E-state index is 0.609. The van der Waals surface area contributed by atoms with E-state index in [1.54, 1.807) is 0 Å². The van der Waals surface area contributed by atoms with Crippen molar-refractivity contribution in [2.24, 2.45) is 0 Å². The topological polar surface area (TPSA) is 35.6 Å². The second-order valence-electron chi connectivity index (χ2n) is 26.1. The van der Waals surface area contributed by atoms with E-state index in [4.69, 9.17) is 9.97 Å². The molecule has 0 radical (unpaired) electrons. The molecule has 15 aromatic carbocycles. The van der Waals surface area contributed by atoms with Crippen LogP contribution in [0.3, 0.4) is 0 Å². The van der Waals surface area contributed by atoms with E-state index in [9.17, 15) is 0 Å². The molecule has 0 atom stereocenters. The SMILES string of the molecule is c1ccc(C2(c3ccccc3)c3ccccc3-c3c(-c4sc(-c5cccc6c5-c5ccccc5C6(c5ccccc5)c5ccccc5)c5nc6c7ccc(-n8c9ccccc9c9ccccc98)cc7c7cc(-n8c9ccccc9c9ccccc98)ccc7c6nc45)cccc32)cc1. The Bertz CT molecular complexity index is 5920. The summed E-state index contributed by atoms with van der Waals surface area (Å²) in [5.41, 5.74) is 26.2. The lowest BCUT2D eigenvalue weighted by Crippen LogP contribution is -2.28. The molecule has 4 nitrogen and oxygen atoms in total. The summed E-state index contributed by atoms with van der Waals surface area (Å²) < 4.78 is 4.88. The van der Waals surface area contributed by atoms with E-state index in [1.807, 2.05) is 11.3 Å². The Morgan fingerprint density at radius 1 is 0.227 bits per heavy atom. The summed E-state index contributed by atoms with van der Waals surface area (Å²) in [5.74, 6) is 0. The van der Waals surface area contributed by atoms with Crippen LogP contribution >= 0.6 is 11.3 Å². The Hall–Kier alpha value is -12.3. The number of nitrogens with zero attached hydrogens (tertiary/aromatic N) is 4. The van der Waals surface area contributed by atoms with Crippen molar-refractivity contribution in [1.29, 1.82) is 0 Å². The zero-order valence-corrected chi connectivity index (χ0v) is 53.3. The number of aromatic nitrogens is 4. The van der Waals surface area contributed by atoms with Crippen molar-refractivity contribution in [3.05, 3.63) is 384 Å². The smallest absolute Gasteiger partial charge is 0.109 e. The molecule has 0 fully saturated rings. The van der Waals surface area contributed by atoms with Crippen LogP contribution in [0.1, 0.15) is 44.5 Å². The van der Waals surface area contributed by atoms with Crippen LogP contribution in [-0.2, 0) is 10.8 Å². The molecular formula is C92H56N4S. The fourth-order valence-corrected chi connectivity index (χ4v) is 18.9. The van der Waals surface area contributed by atoms with E-state index in [-0.39, 0.29) is 0 Å². The fraction of sp³-hybridized carbons (Fsp3) is 0.0217. The van der Waals surface area contributed by atoms with Gasteiger partial charge in [-0.2, -0.15) is 0 Å². The lowest BCUT2D eigenvalue weighted by molar-refractivity contribution is 0.768. The normalized spacial score (nSPS) is 13.5. The van der Waals surface area contributed by atoms with Crippen molar-refractivity contribution in [2.45, 2.75) is 10.8 Å². The Labute approximate surface area is 563 Å². The van der Waals surface area contributed by atoms with Gasteiger partial charge < -0.3 is 9.13 Å². The second-order valence-corrected chi connectivity index (χ2v) is 27.1. The molecule has 0 amide bonds. The minimum atomic E-state index is -0.609. The van der Waals surface area contributed by atoms with E-state index < -0.39 is 10.8 Å². The number of hydrogen-bond acceptors (Lipinski definition) is 3. The number of thiophene rings is 1. The van der Waals surface area contributed by atoms with Crippen molar-refractivity contribution in [3.8, 4) is 54.5 Å². The zero-order valence-electron chi connectivity index (χ0n) is 52.5. The van der Waals surface area contributed by atoms with Gasteiger partial charge in [0.05, 0.1) is 53.7 Å². The summed E-state index contributed by atoms with van der Waals surface area (Å²) in [4.78, 5) is 14.7. The van der Waals surface area contributed by atoms with Crippen molar-refractivity contribution in [1.82, 2.24) is 19.1 Å². The lowest BCUT2D eigenvalue weighted by atomic mass is 9.67. The number of rotatable bonds is 8. The van der Waals surface area contributed by atoms with E-state index in [0.717, 1.165) is 97.9 Å². The lowest BCUT2D eigenvalue weighted by Gasteiger charge is -2.34. The van der Waals surface area contributed by atoms with Crippen LogP contribution in [0, 0.1) is 0 Å². The summed E-state index contributed by atoms with van der Waals surface area (Å²) in [7, 11) is 0. The van der Waals surface area contributed by atoms with E-state index in [0.29, 0.717) is 0 Å². The molecule has 4 aromatic heterocycles. The number of hydrogen-bond donors (Lipinski definition) is 0. The van der Waals surface area contributed by atoms with Crippen LogP contribution in [0.25, 0.3) is 142 Å². The summed E-state index contributed by atoms with van der Waals surface area (Å²) in [5, 5.41) is 9.20. The molecule has 2 aliphatic carbocycles. The van der Waals surface area contributed by atoms with Gasteiger partial charge in [-0.3, -0.25) is 0 Å². The first-order valence-corrected chi connectivity index (χ1v) is 34.3. The van der Waals surface area contributed by atoms with Crippen LogP contribution in [0.5, 0.6) is 0 Å². The molecule has 21 rings (SSSR count). The summed E-state index contributed by atoms with van der Waals surface area (Å²) in [6.07, 6.45) is 0. The molecule has 0 unspecified atom stereocenters. The third-order valence-electron chi connectivity index (χ3n) is 21.5. The minimum Gasteiger partial charge on any atom is -0.309 e. The summed E-state index contributed by atoms with van der Waals surface area (Å²) in [6.45, 7) is 0. The van der Waals surface area contributed by atoms with Gasteiger partial charge in [0, 0.05) is 54.8 Å². The molecule has 0 saturated carbocycles. The monoisotopic (exact) mass is 1250 g/mol. The number of para-hydroxylation sites is 4. The molecule has 5 heteroatoms. The third kappa shape index (κ3) is 7.35. The zero-order chi connectivity index (χ0) is 63.5. The highest BCUT2D eigenvalue weighted by molar-refractivity contribution is 7.21. The van der Waals surface area contributed by atoms with E-state index in [2.05, 4.69) is 349 Å². The van der Waals surface area contributed by atoms with Crippen LogP contribution in [0.15, 0.2) is 340 Å².